The third-order valence-corrected chi connectivity index (χ3v) is 10.1. The molecule has 0 bridgehead atoms. The second kappa shape index (κ2) is 24.9. The number of thioether (sulfide) groups is 1. The predicted molar refractivity (Wildman–Crippen MR) is 222 cm³/mol. The Morgan fingerprint density at radius 3 is 2.41 bits per heavy atom. The molecule has 0 saturated carbocycles. The third-order valence-electron chi connectivity index (χ3n) is 8.67. The Bertz CT molecular complexity index is 1930. The lowest BCUT2D eigenvalue weighted by Crippen LogP contribution is -2.43. The number of anilines is 2. The number of azide groups is 1. The molecule has 1 aliphatic rings. The molecule has 59 heavy (non-hydrogen) atoms. The number of amides is 3. The number of hydrazone groups is 1. The van der Waals surface area contributed by atoms with Gasteiger partial charge in [0.1, 0.15) is 0 Å². The summed E-state index contributed by atoms with van der Waals surface area (Å²) in [5, 5.41) is 12.4. The molecule has 1 aliphatic heterocycles. The molecule has 0 aliphatic carbocycles. The van der Waals surface area contributed by atoms with Crippen molar-refractivity contribution in [2.45, 2.75) is 37.2 Å². The van der Waals surface area contributed by atoms with Crippen LogP contribution in [0.25, 0.3) is 10.4 Å². The minimum atomic E-state index is -4.67. The van der Waals surface area contributed by atoms with Crippen LogP contribution in [0.2, 0.25) is 5.02 Å². The molecule has 318 valence electrons. The van der Waals surface area contributed by atoms with Crippen LogP contribution >= 0.6 is 23.4 Å². The van der Waals surface area contributed by atoms with E-state index in [0.29, 0.717) is 50.1 Å². The zero-order chi connectivity index (χ0) is 42.5. The van der Waals surface area contributed by atoms with E-state index in [1.54, 1.807) is 30.3 Å². The number of hydrogen-bond acceptors (Lipinski definition) is 11. The summed E-state index contributed by atoms with van der Waals surface area (Å²) in [6, 6.07) is 14.5. The molecule has 3 aromatic rings. The monoisotopic (exact) mass is 861 g/mol. The molecule has 0 radical (unpaired) electrons. The van der Waals surface area contributed by atoms with E-state index >= 15 is 0 Å². The van der Waals surface area contributed by atoms with Crippen LogP contribution in [-0.4, -0.2) is 102 Å². The second-order valence-electron chi connectivity index (χ2n) is 13.1. The minimum absolute atomic E-state index is 0.0709. The molecule has 0 spiro atoms. The number of nitrogens with zero attached hydrogens (tertiary/aromatic N) is 5. The first-order chi connectivity index (χ1) is 28.5. The Kier molecular flexibility index (Phi) is 19.8. The predicted octanol–water partition coefficient (Wildman–Crippen LogP) is 6.40. The smallest absolute Gasteiger partial charge is 0.379 e. The molecule has 1 heterocycles. The number of alkyl halides is 3. The molecular formula is C39H47ClF3N9O6S. The van der Waals surface area contributed by atoms with Gasteiger partial charge in [0.05, 0.1) is 73.7 Å². The van der Waals surface area contributed by atoms with Crippen LogP contribution in [0.4, 0.5) is 24.5 Å². The number of carbonyl (C=O) groups is 3. The first-order valence-corrected chi connectivity index (χ1v) is 20.3. The number of nitrogens with two attached hydrogens (primary N) is 1. The second-order valence-corrected chi connectivity index (χ2v) is 14.5. The van der Waals surface area contributed by atoms with Crippen LogP contribution in [0, 0.1) is 0 Å². The maximum absolute atomic E-state index is 13.5. The molecule has 0 unspecified atom stereocenters. The Morgan fingerprint density at radius 1 is 0.949 bits per heavy atom. The number of halogens is 4. The highest BCUT2D eigenvalue weighted by Crippen LogP contribution is 2.35. The van der Waals surface area contributed by atoms with Crippen molar-refractivity contribution >= 4 is 58.7 Å². The quantitative estimate of drug-likeness (QED) is 0.0208. The Labute approximate surface area is 349 Å². The number of piperidine rings is 1. The van der Waals surface area contributed by atoms with Crippen LogP contribution in [0.3, 0.4) is 0 Å². The minimum Gasteiger partial charge on any atom is -0.379 e. The normalized spacial score (nSPS) is 13.5. The van der Waals surface area contributed by atoms with E-state index in [1.165, 1.54) is 17.8 Å². The summed E-state index contributed by atoms with van der Waals surface area (Å²) in [6.07, 6.45) is -0.498. The summed E-state index contributed by atoms with van der Waals surface area (Å²) in [7, 11) is 0. The van der Waals surface area contributed by atoms with Crippen molar-refractivity contribution in [3.8, 4) is 0 Å². The zero-order valence-corrected chi connectivity index (χ0v) is 33.8. The van der Waals surface area contributed by atoms with Gasteiger partial charge in [0.2, 0.25) is 5.91 Å². The van der Waals surface area contributed by atoms with Crippen LogP contribution in [0.1, 0.15) is 56.7 Å². The van der Waals surface area contributed by atoms with Crippen molar-refractivity contribution in [1.82, 2.24) is 10.7 Å². The lowest BCUT2D eigenvalue weighted by molar-refractivity contribution is -0.137. The van der Waals surface area contributed by atoms with E-state index in [1.807, 2.05) is 12.1 Å². The van der Waals surface area contributed by atoms with Crippen molar-refractivity contribution in [2.75, 3.05) is 81.8 Å². The Morgan fingerprint density at radius 2 is 1.68 bits per heavy atom. The number of carbonyl (C=O) groups excluding carboxylic acids is 3. The summed E-state index contributed by atoms with van der Waals surface area (Å²) < 4.78 is 56.1. The highest BCUT2D eigenvalue weighted by atomic mass is 35.5. The summed E-state index contributed by atoms with van der Waals surface area (Å²) in [5.41, 5.74) is 18.0. The van der Waals surface area contributed by atoms with Gasteiger partial charge >= 0.3 is 6.18 Å². The van der Waals surface area contributed by atoms with Gasteiger partial charge in [0.15, 0.2) is 0 Å². The van der Waals surface area contributed by atoms with Gasteiger partial charge < -0.3 is 35.5 Å². The van der Waals surface area contributed by atoms with E-state index in [-0.39, 0.29) is 42.4 Å². The molecule has 20 heteroatoms. The molecule has 3 amide bonds. The van der Waals surface area contributed by atoms with E-state index in [4.69, 9.17) is 37.1 Å². The molecule has 1 fully saturated rings. The maximum atomic E-state index is 13.5. The largest absolute Gasteiger partial charge is 0.417 e. The van der Waals surface area contributed by atoms with Gasteiger partial charge in [-0.05, 0) is 78.4 Å². The SMILES string of the molecule is [N-]=[N+]=NCCOCCOCCOCCNC(=O)[C@@H](N)CSCc1cccc(C(=O)Nc2ccc(N3CCCCC3)cc2C(=O)N/N=C/c2ccc(Cl)c(C(F)(F)F)c2)c1. The van der Waals surface area contributed by atoms with Crippen LogP contribution < -0.4 is 26.7 Å². The number of rotatable bonds is 23. The number of hydrogen-bond donors (Lipinski definition) is 4. The van der Waals surface area contributed by atoms with Crippen molar-refractivity contribution < 1.29 is 41.8 Å². The molecule has 1 atom stereocenters. The fourth-order valence-corrected chi connectivity index (χ4v) is 6.85. The van der Waals surface area contributed by atoms with Gasteiger partial charge in [0.25, 0.3) is 11.8 Å². The highest BCUT2D eigenvalue weighted by molar-refractivity contribution is 7.98. The van der Waals surface area contributed by atoms with E-state index in [2.05, 4.69) is 36.1 Å². The van der Waals surface area contributed by atoms with Crippen LogP contribution in [0.5, 0.6) is 0 Å². The van der Waals surface area contributed by atoms with E-state index in [9.17, 15) is 27.6 Å². The van der Waals surface area contributed by atoms with Crippen LogP contribution in [0.15, 0.2) is 70.9 Å². The van der Waals surface area contributed by atoms with Crippen molar-refractivity contribution in [2.24, 2.45) is 15.9 Å². The molecule has 15 nitrogen and oxygen atoms in total. The molecule has 3 aromatic carbocycles. The van der Waals surface area contributed by atoms with E-state index in [0.717, 1.165) is 62.0 Å². The van der Waals surface area contributed by atoms with Crippen molar-refractivity contribution in [3.63, 3.8) is 0 Å². The summed E-state index contributed by atoms with van der Waals surface area (Å²) >= 11 is 7.15. The van der Waals surface area contributed by atoms with Gasteiger partial charge in [-0.1, -0.05) is 34.9 Å². The summed E-state index contributed by atoms with van der Waals surface area (Å²) in [6.45, 7) is 4.23. The van der Waals surface area contributed by atoms with Gasteiger partial charge in [0, 0.05) is 53.8 Å². The lowest BCUT2D eigenvalue weighted by Gasteiger charge is -2.29. The third kappa shape index (κ3) is 16.4. The zero-order valence-electron chi connectivity index (χ0n) is 32.2. The van der Waals surface area contributed by atoms with Gasteiger partial charge in [-0.15, -0.1) is 0 Å². The fraction of sp³-hybridized carbons (Fsp3) is 0.436. The van der Waals surface area contributed by atoms with Gasteiger partial charge in [-0.3, -0.25) is 14.4 Å². The highest BCUT2D eigenvalue weighted by Gasteiger charge is 2.33. The van der Waals surface area contributed by atoms with Crippen molar-refractivity contribution in [1.29, 1.82) is 0 Å². The topological polar surface area (TPSA) is 205 Å². The lowest BCUT2D eigenvalue weighted by atomic mass is 10.1. The maximum Gasteiger partial charge on any atom is 0.417 e. The van der Waals surface area contributed by atoms with Crippen molar-refractivity contribution in [3.05, 3.63) is 104 Å². The standard InChI is InChI=1S/C39H47ClF3N9O6S/c40-33-9-7-27(22-32(33)39(41,42)43)24-48-50-37(54)31-23-30(52-13-2-1-3-14-52)8-10-35(31)49-36(53)29-6-4-5-28(21-29)25-59-26-34(44)38(55)46-11-15-56-17-19-58-20-18-57-16-12-47-51-45/h4-10,21-24,34H,1-3,11-20,25-26,44H2,(H,46,55)(H,49,53)(H,50,54)/b48-24+/t34-/m0/s1. The first-order valence-electron chi connectivity index (χ1n) is 18.8. The molecular weight excluding hydrogens is 815 g/mol. The number of nitrogens with one attached hydrogen (secondary N) is 3. The molecule has 5 N–H and O–H groups in total. The summed E-state index contributed by atoms with van der Waals surface area (Å²) in [5.74, 6) is -0.672. The number of benzene rings is 3. The van der Waals surface area contributed by atoms with E-state index < -0.39 is 34.6 Å². The first kappa shape index (κ1) is 46.8. The average Bonchev–Trinajstić information content (AvgIpc) is 3.23. The van der Waals surface area contributed by atoms with Gasteiger partial charge in [-0.25, -0.2) is 5.43 Å². The van der Waals surface area contributed by atoms with Gasteiger partial charge in [-0.2, -0.15) is 30.0 Å². The average molecular weight is 862 g/mol. The number of ether oxygens (including phenoxy) is 3. The molecule has 0 aromatic heterocycles. The summed E-state index contributed by atoms with van der Waals surface area (Å²) in [4.78, 5) is 44.2. The Balaban J connectivity index is 1.26. The molecule has 1 saturated heterocycles. The fourth-order valence-electron chi connectivity index (χ4n) is 5.69. The van der Waals surface area contributed by atoms with Crippen LogP contribution in [-0.2, 0) is 30.9 Å². The Hall–Kier alpha value is -4.88. The molecule has 4 rings (SSSR count).